The summed E-state index contributed by atoms with van der Waals surface area (Å²) in [6, 6.07) is 21.8. The Hall–Kier alpha value is -3.04. The van der Waals surface area contributed by atoms with E-state index in [9.17, 15) is 4.79 Å². The normalized spacial score (nSPS) is 11.0. The lowest BCUT2D eigenvalue weighted by atomic mass is 10.0. The van der Waals surface area contributed by atoms with Crippen molar-refractivity contribution >= 4 is 34.1 Å². The molecule has 4 heteroatoms. The molecule has 1 heterocycles. The highest BCUT2D eigenvalue weighted by Crippen LogP contribution is 2.32. The van der Waals surface area contributed by atoms with Gasteiger partial charge in [-0.2, -0.15) is 0 Å². The molecule has 2 N–H and O–H groups in total. The average molecular weight is 389 g/mol. The molecule has 0 saturated heterocycles. The number of carbonyl (C=O) groups excluding carboxylic acids is 1. The van der Waals surface area contributed by atoms with Crippen LogP contribution in [0.25, 0.3) is 22.2 Å². The SMILES string of the molecule is Cc1cccc(NC(=O)Cc2c(-c3ccc(Cl)cc3)[nH]c3cc(C)ccc23)c1. The van der Waals surface area contributed by atoms with Crippen LogP contribution in [0, 0.1) is 13.8 Å². The number of fused-ring (bicyclic) bond motifs is 1. The highest BCUT2D eigenvalue weighted by molar-refractivity contribution is 6.30. The molecule has 0 spiro atoms. The summed E-state index contributed by atoms with van der Waals surface area (Å²) in [4.78, 5) is 16.3. The van der Waals surface area contributed by atoms with Crippen molar-refractivity contribution in [2.75, 3.05) is 5.32 Å². The fourth-order valence-electron chi connectivity index (χ4n) is 3.50. The summed E-state index contributed by atoms with van der Waals surface area (Å²) >= 11 is 6.05. The van der Waals surface area contributed by atoms with E-state index in [1.165, 1.54) is 5.56 Å². The first kappa shape index (κ1) is 18.3. The van der Waals surface area contributed by atoms with E-state index in [1.54, 1.807) is 0 Å². The van der Waals surface area contributed by atoms with E-state index in [-0.39, 0.29) is 12.3 Å². The van der Waals surface area contributed by atoms with Gasteiger partial charge >= 0.3 is 0 Å². The van der Waals surface area contributed by atoms with Crippen molar-refractivity contribution in [1.29, 1.82) is 0 Å². The van der Waals surface area contributed by atoms with Crippen LogP contribution in [0.15, 0.2) is 66.7 Å². The zero-order chi connectivity index (χ0) is 19.7. The van der Waals surface area contributed by atoms with Gasteiger partial charge in [-0.1, -0.05) is 48.0 Å². The molecule has 4 aromatic rings. The second kappa shape index (κ2) is 7.53. The minimum Gasteiger partial charge on any atom is -0.354 e. The Balaban J connectivity index is 1.72. The van der Waals surface area contributed by atoms with Crippen LogP contribution < -0.4 is 5.32 Å². The van der Waals surface area contributed by atoms with Gasteiger partial charge < -0.3 is 10.3 Å². The number of benzene rings is 3. The third-order valence-electron chi connectivity index (χ3n) is 4.83. The molecule has 0 aliphatic heterocycles. The van der Waals surface area contributed by atoms with Crippen molar-refractivity contribution < 1.29 is 4.79 Å². The molecule has 0 unspecified atom stereocenters. The lowest BCUT2D eigenvalue weighted by Crippen LogP contribution is -2.14. The van der Waals surface area contributed by atoms with Crippen molar-refractivity contribution in [2.45, 2.75) is 20.3 Å². The monoisotopic (exact) mass is 388 g/mol. The number of aromatic nitrogens is 1. The van der Waals surface area contributed by atoms with Gasteiger partial charge in [0.25, 0.3) is 0 Å². The first-order chi connectivity index (χ1) is 13.5. The van der Waals surface area contributed by atoms with Gasteiger partial charge in [0.15, 0.2) is 0 Å². The molecule has 0 saturated carbocycles. The molecular weight excluding hydrogens is 368 g/mol. The van der Waals surface area contributed by atoms with Gasteiger partial charge in [-0.05, 0) is 66.4 Å². The summed E-state index contributed by atoms with van der Waals surface area (Å²) in [5.41, 5.74) is 7.09. The number of aromatic amines is 1. The standard InChI is InChI=1S/C24H21ClN2O/c1-15-4-3-5-19(12-15)26-23(28)14-21-20-11-6-16(2)13-22(20)27-24(21)17-7-9-18(25)10-8-17/h3-13,27H,14H2,1-2H3,(H,26,28). The van der Waals surface area contributed by atoms with E-state index < -0.39 is 0 Å². The van der Waals surface area contributed by atoms with Crippen LogP contribution in [0.2, 0.25) is 5.02 Å². The van der Waals surface area contributed by atoms with E-state index in [0.717, 1.165) is 39.0 Å². The zero-order valence-electron chi connectivity index (χ0n) is 15.8. The molecule has 1 amide bonds. The maximum atomic E-state index is 12.8. The van der Waals surface area contributed by atoms with E-state index in [1.807, 2.05) is 55.5 Å². The molecule has 28 heavy (non-hydrogen) atoms. The van der Waals surface area contributed by atoms with E-state index >= 15 is 0 Å². The topological polar surface area (TPSA) is 44.9 Å². The smallest absolute Gasteiger partial charge is 0.228 e. The van der Waals surface area contributed by atoms with Crippen LogP contribution >= 0.6 is 11.6 Å². The van der Waals surface area contributed by atoms with Crippen LogP contribution in [-0.2, 0) is 11.2 Å². The molecule has 3 aromatic carbocycles. The number of H-pyrrole nitrogens is 1. The number of carbonyl (C=O) groups is 1. The highest BCUT2D eigenvalue weighted by atomic mass is 35.5. The largest absolute Gasteiger partial charge is 0.354 e. The molecule has 3 nitrogen and oxygen atoms in total. The fraction of sp³-hybridized carbons (Fsp3) is 0.125. The number of aryl methyl sites for hydroxylation is 2. The summed E-state index contributed by atoms with van der Waals surface area (Å²) in [5.74, 6) is -0.0395. The minimum absolute atomic E-state index is 0.0395. The lowest BCUT2D eigenvalue weighted by Gasteiger charge is -2.08. The second-order valence-electron chi connectivity index (χ2n) is 7.13. The van der Waals surface area contributed by atoms with Gasteiger partial charge in [0, 0.05) is 21.6 Å². The Morgan fingerprint density at radius 1 is 0.964 bits per heavy atom. The van der Waals surface area contributed by atoms with Gasteiger partial charge in [0.2, 0.25) is 5.91 Å². The molecule has 0 fully saturated rings. The van der Waals surface area contributed by atoms with Gasteiger partial charge in [-0.25, -0.2) is 0 Å². The number of hydrogen-bond acceptors (Lipinski definition) is 1. The van der Waals surface area contributed by atoms with Crippen molar-refractivity contribution in [2.24, 2.45) is 0 Å². The molecule has 0 radical (unpaired) electrons. The third kappa shape index (κ3) is 3.80. The number of amides is 1. The quantitative estimate of drug-likeness (QED) is 0.424. The van der Waals surface area contributed by atoms with E-state index in [0.29, 0.717) is 5.02 Å². The highest BCUT2D eigenvalue weighted by Gasteiger charge is 2.16. The van der Waals surface area contributed by atoms with E-state index in [2.05, 4.69) is 35.4 Å². The molecule has 1 aromatic heterocycles. The molecule has 0 aliphatic rings. The van der Waals surface area contributed by atoms with Gasteiger partial charge in [-0.15, -0.1) is 0 Å². The maximum absolute atomic E-state index is 12.8. The molecule has 4 rings (SSSR count). The molecular formula is C24H21ClN2O. The van der Waals surface area contributed by atoms with E-state index in [4.69, 9.17) is 11.6 Å². The summed E-state index contributed by atoms with van der Waals surface area (Å²) in [5, 5.41) is 4.77. The van der Waals surface area contributed by atoms with Gasteiger partial charge in [0.1, 0.15) is 0 Å². The Kier molecular flexibility index (Phi) is 4.93. The number of nitrogens with one attached hydrogen (secondary N) is 2. The average Bonchev–Trinajstić information content (AvgIpc) is 2.99. The molecule has 140 valence electrons. The number of rotatable bonds is 4. The van der Waals surface area contributed by atoms with Crippen molar-refractivity contribution in [1.82, 2.24) is 4.98 Å². The molecule has 0 aliphatic carbocycles. The fourth-order valence-corrected chi connectivity index (χ4v) is 3.63. The van der Waals surface area contributed by atoms with Gasteiger partial charge in [0.05, 0.1) is 12.1 Å². The van der Waals surface area contributed by atoms with Crippen molar-refractivity contribution in [3.8, 4) is 11.3 Å². The van der Waals surface area contributed by atoms with Crippen molar-refractivity contribution in [3.05, 3.63) is 88.4 Å². The number of hydrogen-bond donors (Lipinski definition) is 2. The molecule has 0 atom stereocenters. The Bertz CT molecular complexity index is 1160. The predicted octanol–water partition coefficient (Wildman–Crippen LogP) is 6.29. The zero-order valence-corrected chi connectivity index (χ0v) is 16.6. The third-order valence-corrected chi connectivity index (χ3v) is 5.09. The molecule has 0 bridgehead atoms. The van der Waals surface area contributed by atoms with Crippen LogP contribution in [0.3, 0.4) is 0 Å². The maximum Gasteiger partial charge on any atom is 0.228 e. The van der Waals surface area contributed by atoms with Gasteiger partial charge in [-0.3, -0.25) is 4.79 Å². The Morgan fingerprint density at radius 3 is 2.46 bits per heavy atom. The van der Waals surface area contributed by atoms with Crippen LogP contribution in [0.1, 0.15) is 16.7 Å². The summed E-state index contributed by atoms with van der Waals surface area (Å²) in [7, 11) is 0. The van der Waals surface area contributed by atoms with Crippen LogP contribution in [0.5, 0.6) is 0 Å². The predicted molar refractivity (Wildman–Crippen MR) is 117 cm³/mol. The first-order valence-electron chi connectivity index (χ1n) is 9.23. The van der Waals surface area contributed by atoms with Crippen LogP contribution in [-0.4, -0.2) is 10.9 Å². The second-order valence-corrected chi connectivity index (χ2v) is 7.57. The summed E-state index contributed by atoms with van der Waals surface area (Å²) < 4.78 is 0. The number of halogens is 1. The minimum atomic E-state index is -0.0395. The summed E-state index contributed by atoms with van der Waals surface area (Å²) in [6.45, 7) is 4.07. The first-order valence-corrected chi connectivity index (χ1v) is 9.61. The lowest BCUT2D eigenvalue weighted by molar-refractivity contribution is -0.115. The Labute approximate surface area is 169 Å². The number of anilines is 1. The van der Waals surface area contributed by atoms with Crippen LogP contribution in [0.4, 0.5) is 5.69 Å². The van der Waals surface area contributed by atoms with Crippen molar-refractivity contribution in [3.63, 3.8) is 0 Å². The summed E-state index contributed by atoms with van der Waals surface area (Å²) in [6.07, 6.45) is 0.287. The Morgan fingerprint density at radius 2 is 1.71 bits per heavy atom.